The third-order valence-electron chi connectivity index (χ3n) is 6.58. The van der Waals surface area contributed by atoms with Gasteiger partial charge in [-0.2, -0.15) is 5.26 Å². The molecule has 0 unspecified atom stereocenters. The first-order chi connectivity index (χ1) is 19.9. The van der Waals surface area contributed by atoms with Crippen LogP contribution in [0.15, 0.2) is 103 Å². The van der Waals surface area contributed by atoms with Gasteiger partial charge in [-0.25, -0.2) is 4.98 Å². The number of nitrogens with one attached hydrogen (secondary N) is 2. The number of aromatic nitrogens is 1. The van der Waals surface area contributed by atoms with Crippen molar-refractivity contribution in [1.82, 2.24) is 10.3 Å². The lowest BCUT2D eigenvalue weighted by atomic mass is 10.0. The zero-order valence-electron chi connectivity index (χ0n) is 22.1. The molecule has 0 aliphatic heterocycles. The van der Waals surface area contributed by atoms with Gasteiger partial charge < -0.3 is 15.5 Å². The largest absolute Gasteiger partial charge is 0.340 e. The zero-order chi connectivity index (χ0) is 28.8. The molecule has 5 aromatic rings. The molecule has 202 valence electrons. The Morgan fingerprint density at radius 2 is 1.63 bits per heavy atom. The summed E-state index contributed by atoms with van der Waals surface area (Å²) in [6.07, 6.45) is 0.285. The SMILES string of the molecule is CN(C(=O)[C@H](Cc1ccccc1)NC(=O)c1cccc(C(=O)Nc2ccc(C#N)cc2)c1)c1ccc2scnc2c1. The number of anilines is 2. The van der Waals surface area contributed by atoms with Crippen molar-refractivity contribution in [3.63, 3.8) is 0 Å². The van der Waals surface area contributed by atoms with Crippen molar-refractivity contribution in [3.05, 3.63) is 125 Å². The summed E-state index contributed by atoms with van der Waals surface area (Å²) < 4.78 is 1.02. The maximum atomic E-state index is 13.7. The third-order valence-corrected chi connectivity index (χ3v) is 7.39. The van der Waals surface area contributed by atoms with Gasteiger partial charge in [-0.15, -0.1) is 11.3 Å². The van der Waals surface area contributed by atoms with Crippen LogP contribution in [-0.2, 0) is 11.2 Å². The zero-order valence-corrected chi connectivity index (χ0v) is 22.9. The van der Waals surface area contributed by atoms with E-state index < -0.39 is 17.9 Å². The normalized spacial score (nSPS) is 11.3. The van der Waals surface area contributed by atoms with Crippen LogP contribution < -0.4 is 15.5 Å². The van der Waals surface area contributed by atoms with Crippen LogP contribution in [0.4, 0.5) is 11.4 Å². The van der Waals surface area contributed by atoms with Crippen LogP contribution in [-0.4, -0.2) is 35.8 Å². The second-order valence-electron chi connectivity index (χ2n) is 9.34. The first-order valence-corrected chi connectivity index (χ1v) is 13.7. The Labute approximate surface area is 240 Å². The van der Waals surface area contributed by atoms with Crippen LogP contribution in [0.5, 0.6) is 0 Å². The maximum absolute atomic E-state index is 13.7. The minimum absolute atomic E-state index is 0.245. The summed E-state index contributed by atoms with van der Waals surface area (Å²) in [6.45, 7) is 0. The Hall–Kier alpha value is -5.33. The average molecular weight is 560 g/mol. The number of likely N-dealkylation sites (N-methyl/N-ethyl adjacent to an activating group) is 1. The third kappa shape index (κ3) is 6.46. The molecule has 0 fully saturated rings. The number of benzene rings is 4. The fourth-order valence-corrected chi connectivity index (χ4v) is 5.00. The van der Waals surface area contributed by atoms with Gasteiger partial charge in [0.05, 0.1) is 27.4 Å². The van der Waals surface area contributed by atoms with Gasteiger partial charge in [0.2, 0.25) is 5.91 Å². The van der Waals surface area contributed by atoms with Crippen LogP contribution in [0.25, 0.3) is 10.2 Å². The quantitative estimate of drug-likeness (QED) is 0.263. The van der Waals surface area contributed by atoms with Crippen LogP contribution in [0.3, 0.4) is 0 Å². The Morgan fingerprint density at radius 1 is 0.902 bits per heavy atom. The fourth-order valence-electron chi connectivity index (χ4n) is 4.34. The van der Waals surface area contributed by atoms with E-state index >= 15 is 0 Å². The van der Waals surface area contributed by atoms with E-state index in [9.17, 15) is 14.4 Å². The number of hydrogen-bond donors (Lipinski definition) is 2. The Balaban J connectivity index is 1.35. The van der Waals surface area contributed by atoms with Crippen LogP contribution in [0, 0.1) is 11.3 Å². The van der Waals surface area contributed by atoms with Crippen molar-refractivity contribution in [3.8, 4) is 6.07 Å². The van der Waals surface area contributed by atoms with E-state index in [0.29, 0.717) is 16.9 Å². The number of rotatable bonds is 8. The van der Waals surface area contributed by atoms with Gasteiger partial charge in [-0.3, -0.25) is 14.4 Å². The lowest BCUT2D eigenvalue weighted by molar-refractivity contribution is -0.120. The van der Waals surface area contributed by atoms with E-state index in [-0.39, 0.29) is 23.5 Å². The first-order valence-electron chi connectivity index (χ1n) is 12.8. The Bertz CT molecular complexity index is 1760. The molecule has 8 nitrogen and oxygen atoms in total. The van der Waals surface area contributed by atoms with Gasteiger partial charge in [0, 0.05) is 36.0 Å². The predicted octanol–water partition coefficient (Wildman–Crippen LogP) is 5.42. The number of nitriles is 1. The highest BCUT2D eigenvalue weighted by Crippen LogP contribution is 2.24. The van der Waals surface area contributed by atoms with Crippen molar-refractivity contribution < 1.29 is 14.4 Å². The predicted molar refractivity (Wildman–Crippen MR) is 160 cm³/mol. The van der Waals surface area contributed by atoms with Gasteiger partial charge in [0.1, 0.15) is 6.04 Å². The summed E-state index contributed by atoms with van der Waals surface area (Å²) in [7, 11) is 1.67. The minimum Gasteiger partial charge on any atom is -0.340 e. The van der Waals surface area contributed by atoms with Crippen LogP contribution in [0.1, 0.15) is 31.8 Å². The van der Waals surface area contributed by atoms with Crippen molar-refractivity contribution in [2.24, 2.45) is 0 Å². The highest BCUT2D eigenvalue weighted by molar-refractivity contribution is 7.16. The van der Waals surface area contributed by atoms with Gasteiger partial charge in [0.25, 0.3) is 11.8 Å². The average Bonchev–Trinajstić information content (AvgIpc) is 3.49. The molecule has 0 aliphatic carbocycles. The maximum Gasteiger partial charge on any atom is 0.255 e. The van der Waals surface area contributed by atoms with Gasteiger partial charge >= 0.3 is 0 Å². The number of hydrogen-bond acceptors (Lipinski definition) is 6. The fraction of sp³-hybridized carbons (Fsp3) is 0.0938. The number of fused-ring (bicyclic) bond motifs is 1. The van der Waals surface area contributed by atoms with Gasteiger partial charge in [0.15, 0.2) is 0 Å². The summed E-state index contributed by atoms with van der Waals surface area (Å²) in [6, 6.07) is 29.0. The molecular formula is C32H25N5O3S. The van der Waals surface area contributed by atoms with Gasteiger partial charge in [-0.05, 0) is 66.2 Å². The smallest absolute Gasteiger partial charge is 0.255 e. The summed E-state index contributed by atoms with van der Waals surface area (Å²) in [5.74, 6) is -1.17. The van der Waals surface area contributed by atoms with E-state index in [1.54, 1.807) is 55.0 Å². The molecule has 1 heterocycles. The van der Waals surface area contributed by atoms with Crippen molar-refractivity contribution in [1.29, 1.82) is 5.26 Å². The molecule has 0 bridgehead atoms. The van der Waals surface area contributed by atoms with E-state index in [2.05, 4.69) is 15.6 Å². The number of amides is 3. The topological polar surface area (TPSA) is 115 Å². The highest BCUT2D eigenvalue weighted by atomic mass is 32.1. The molecule has 0 aliphatic rings. The summed E-state index contributed by atoms with van der Waals surface area (Å²) in [5, 5.41) is 14.6. The molecule has 9 heteroatoms. The summed E-state index contributed by atoms with van der Waals surface area (Å²) >= 11 is 1.52. The molecule has 0 saturated carbocycles. The molecule has 4 aromatic carbocycles. The second-order valence-corrected chi connectivity index (χ2v) is 10.2. The van der Waals surface area contributed by atoms with E-state index in [0.717, 1.165) is 15.8 Å². The Kier molecular flexibility index (Phi) is 8.13. The molecule has 5 rings (SSSR count). The molecule has 1 aromatic heterocycles. The summed E-state index contributed by atoms with van der Waals surface area (Å²) in [5.41, 5.74) is 5.65. The number of thiazole rings is 1. The molecule has 2 N–H and O–H groups in total. The monoisotopic (exact) mass is 559 g/mol. The standard InChI is InChI=1S/C32H25N5O3S/c1-37(26-14-15-29-27(18-26)34-20-41-29)32(40)28(16-21-6-3-2-4-7-21)36-31(39)24-9-5-8-23(17-24)30(38)35-25-12-10-22(19-33)11-13-25/h2-15,17-18,20,28H,16H2,1H3,(H,35,38)(H,36,39)/t28-/m0/s1. The Morgan fingerprint density at radius 3 is 2.37 bits per heavy atom. The van der Waals surface area contributed by atoms with Crippen LogP contribution >= 0.6 is 11.3 Å². The van der Waals surface area contributed by atoms with Crippen molar-refractivity contribution in [2.75, 3.05) is 17.3 Å². The number of nitrogens with zero attached hydrogens (tertiary/aromatic N) is 3. The summed E-state index contributed by atoms with van der Waals surface area (Å²) in [4.78, 5) is 45.8. The number of carbonyl (C=O) groups is 3. The van der Waals surface area contributed by atoms with E-state index in [1.165, 1.54) is 22.3 Å². The second kappa shape index (κ2) is 12.2. The molecule has 41 heavy (non-hydrogen) atoms. The molecule has 3 amide bonds. The lowest BCUT2D eigenvalue weighted by Gasteiger charge is -2.25. The lowest BCUT2D eigenvalue weighted by Crippen LogP contribution is -2.48. The first kappa shape index (κ1) is 27.2. The number of carbonyl (C=O) groups excluding carboxylic acids is 3. The minimum atomic E-state index is -0.864. The molecule has 0 spiro atoms. The molecule has 0 saturated heterocycles. The molecule has 1 atom stereocenters. The molecular weight excluding hydrogens is 534 g/mol. The van der Waals surface area contributed by atoms with Crippen molar-refractivity contribution in [2.45, 2.75) is 12.5 Å². The van der Waals surface area contributed by atoms with E-state index in [4.69, 9.17) is 5.26 Å². The van der Waals surface area contributed by atoms with E-state index in [1.807, 2.05) is 54.6 Å². The highest BCUT2D eigenvalue weighted by Gasteiger charge is 2.26. The van der Waals surface area contributed by atoms with Crippen LogP contribution in [0.2, 0.25) is 0 Å². The van der Waals surface area contributed by atoms with Crippen molar-refractivity contribution >= 4 is 50.6 Å². The molecule has 0 radical (unpaired) electrons. The van der Waals surface area contributed by atoms with Gasteiger partial charge in [-0.1, -0.05) is 36.4 Å².